The number of carboxylic acid groups (broad SMARTS) is 1. The van der Waals surface area contributed by atoms with Crippen molar-refractivity contribution in [1.82, 2.24) is 29.2 Å². The minimum absolute atomic E-state index is 0.110. The van der Waals surface area contributed by atoms with Gasteiger partial charge in [0.1, 0.15) is 16.5 Å². The van der Waals surface area contributed by atoms with E-state index in [0.717, 1.165) is 32.6 Å². The fourth-order valence-corrected chi connectivity index (χ4v) is 5.67. The van der Waals surface area contributed by atoms with Gasteiger partial charge in [0.15, 0.2) is 5.82 Å². The number of benzene rings is 1. The van der Waals surface area contributed by atoms with E-state index in [-0.39, 0.29) is 39.7 Å². The highest BCUT2D eigenvalue weighted by Gasteiger charge is 2.26. The van der Waals surface area contributed by atoms with Crippen molar-refractivity contribution in [3.05, 3.63) is 92.3 Å². The molecule has 0 unspecified atom stereocenters. The lowest BCUT2D eigenvalue weighted by Crippen LogP contribution is -2.39. The predicted molar refractivity (Wildman–Crippen MR) is 152 cm³/mol. The number of thiophene rings is 1. The van der Waals surface area contributed by atoms with Crippen molar-refractivity contribution in [3.8, 4) is 22.3 Å². The molecule has 0 saturated heterocycles. The number of hydrogen-bond donors (Lipinski definition) is 2. The van der Waals surface area contributed by atoms with Crippen molar-refractivity contribution in [2.75, 3.05) is 26.5 Å². The molecule has 0 atom stereocenters. The number of nitrogens with zero attached hydrogens (tertiary/aromatic N) is 6. The van der Waals surface area contributed by atoms with Crippen LogP contribution in [0.5, 0.6) is 5.88 Å². The third-order valence-corrected chi connectivity index (χ3v) is 7.51. The van der Waals surface area contributed by atoms with Crippen LogP contribution in [0.2, 0.25) is 0 Å². The average molecular weight is 596 g/mol. The molecular formula is C27H23F2N7O5S. The Morgan fingerprint density at radius 2 is 1.81 bits per heavy atom. The number of hydrogen-bond acceptors (Lipinski definition) is 9. The number of amides is 1. The number of anilines is 1. The number of nitrogens with one attached hydrogen (secondary N) is 1. The zero-order chi connectivity index (χ0) is 30.1. The second-order valence-electron chi connectivity index (χ2n) is 9.33. The first kappa shape index (κ1) is 28.5. The molecule has 0 bridgehead atoms. The van der Waals surface area contributed by atoms with Gasteiger partial charge >= 0.3 is 11.8 Å². The van der Waals surface area contributed by atoms with Crippen molar-refractivity contribution in [1.29, 1.82) is 0 Å². The SMILES string of the molecule is COc1ccc(-n2c(=O)c3c(CN(C)C)c(-c4ccc(NC(=O)O)cn4)sc3n(Cc3c(F)cccc3F)c2=O)nn1. The molecule has 0 aliphatic rings. The Kier molecular flexibility index (Phi) is 7.78. The van der Waals surface area contributed by atoms with Crippen LogP contribution < -0.4 is 21.3 Å². The number of fused-ring (bicyclic) bond motifs is 1. The number of carbonyl (C=O) groups is 1. The lowest BCUT2D eigenvalue weighted by atomic mass is 10.1. The lowest BCUT2D eigenvalue weighted by molar-refractivity contribution is 0.209. The maximum Gasteiger partial charge on any atom is 0.409 e. The molecule has 0 radical (unpaired) electrons. The Morgan fingerprint density at radius 3 is 2.38 bits per heavy atom. The quantitative estimate of drug-likeness (QED) is 0.275. The van der Waals surface area contributed by atoms with Gasteiger partial charge in [-0.05, 0) is 44.4 Å². The summed E-state index contributed by atoms with van der Waals surface area (Å²) in [5.41, 5.74) is -0.812. The molecule has 12 nitrogen and oxygen atoms in total. The molecule has 1 aromatic carbocycles. The van der Waals surface area contributed by atoms with Crippen LogP contribution in [0.1, 0.15) is 11.1 Å². The predicted octanol–water partition coefficient (Wildman–Crippen LogP) is 3.55. The van der Waals surface area contributed by atoms with Crippen LogP contribution in [0.3, 0.4) is 0 Å². The topological polar surface area (TPSA) is 144 Å². The molecule has 2 N–H and O–H groups in total. The Bertz CT molecular complexity index is 1900. The summed E-state index contributed by atoms with van der Waals surface area (Å²) >= 11 is 1.06. The van der Waals surface area contributed by atoms with Gasteiger partial charge in [-0.1, -0.05) is 6.07 Å². The monoisotopic (exact) mass is 595 g/mol. The molecule has 216 valence electrons. The van der Waals surface area contributed by atoms with Crippen LogP contribution in [0.25, 0.3) is 26.6 Å². The van der Waals surface area contributed by atoms with E-state index in [9.17, 15) is 23.2 Å². The minimum atomic E-state index is -1.26. The van der Waals surface area contributed by atoms with Gasteiger partial charge in [-0.2, -0.15) is 0 Å². The number of rotatable bonds is 8. The first-order valence-electron chi connectivity index (χ1n) is 12.3. The normalized spacial score (nSPS) is 11.3. The Balaban J connectivity index is 1.84. The van der Waals surface area contributed by atoms with Crippen molar-refractivity contribution in [3.63, 3.8) is 0 Å². The molecule has 1 amide bonds. The van der Waals surface area contributed by atoms with E-state index in [4.69, 9.17) is 9.84 Å². The van der Waals surface area contributed by atoms with E-state index in [0.29, 0.717) is 16.1 Å². The summed E-state index contributed by atoms with van der Waals surface area (Å²) in [6, 6.07) is 9.26. The Labute approximate surface area is 240 Å². The summed E-state index contributed by atoms with van der Waals surface area (Å²) in [5.74, 6) is -1.67. The minimum Gasteiger partial charge on any atom is -0.480 e. The standard InChI is InChI=1S/C27H23F2N7O5S/c1-34(2)12-16-22-24(37)36(20-9-10-21(41-3)33-32-20)27(40)35(13-15-17(28)5-4-6-18(15)29)25(22)42-23(16)19-8-7-14(11-30-19)31-26(38)39/h4-11,31H,12-13H2,1-3H3,(H,38,39). The fraction of sp³-hybridized carbons (Fsp3) is 0.185. The zero-order valence-corrected chi connectivity index (χ0v) is 23.3. The maximum atomic E-state index is 14.8. The molecule has 4 heterocycles. The van der Waals surface area contributed by atoms with Crippen LogP contribution in [0, 0.1) is 11.6 Å². The molecule has 4 aromatic heterocycles. The highest BCUT2D eigenvalue weighted by molar-refractivity contribution is 7.22. The highest BCUT2D eigenvalue weighted by atomic mass is 32.1. The van der Waals surface area contributed by atoms with Crippen LogP contribution in [-0.4, -0.2) is 61.6 Å². The highest BCUT2D eigenvalue weighted by Crippen LogP contribution is 2.37. The summed E-state index contributed by atoms with van der Waals surface area (Å²) < 4.78 is 36.5. The third-order valence-electron chi connectivity index (χ3n) is 6.24. The summed E-state index contributed by atoms with van der Waals surface area (Å²) in [4.78, 5) is 45.9. The molecule has 15 heteroatoms. The van der Waals surface area contributed by atoms with Crippen LogP contribution in [0.15, 0.2) is 58.3 Å². The van der Waals surface area contributed by atoms with E-state index in [2.05, 4.69) is 20.5 Å². The van der Waals surface area contributed by atoms with Crippen LogP contribution in [-0.2, 0) is 13.1 Å². The number of ether oxygens (including phenoxy) is 1. The lowest BCUT2D eigenvalue weighted by Gasteiger charge is -2.14. The van der Waals surface area contributed by atoms with Gasteiger partial charge in [-0.3, -0.25) is 19.7 Å². The van der Waals surface area contributed by atoms with Gasteiger partial charge in [0, 0.05) is 23.7 Å². The molecule has 0 aliphatic carbocycles. The molecule has 0 aliphatic heterocycles. The first-order chi connectivity index (χ1) is 20.1. The van der Waals surface area contributed by atoms with Crippen LogP contribution in [0.4, 0.5) is 19.3 Å². The second-order valence-corrected chi connectivity index (χ2v) is 10.3. The summed E-state index contributed by atoms with van der Waals surface area (Å²) in [7, 11) is 4.97. The summed E-state index contributed by atoms with van der Waals surface area (Å²) in [5, 5.41) is 19.2. The van der Waals surface area contributed by atoms with Crippen LogP contribution >= 0.6 is 11.3 Å². The van der Waals surface area contributed by atoms with Gasteiger partial charge in [0.05, 0.1) is 41.5 Å². The molecule has 42 heavy (non-hydrogen) atoms. The van der Waals surface area contributed by atoms with E-state index in [1.807, 2.05) is 4.90 Å². The molecule has 5 aromatic rings. The maximum absolute atomic E-state index is 14.8. The number of halogens is 2. The van der Waals surface area contributed by atoms with Gasteiger partial charge in [-0.25, -0.2) is 22.9 Å². The van der Waals surface area contributed by atoms with Crippen molar-refractivity contribution >= 4 is 33.3 Å². The fourth-order valence-electron chi connectivity index (χ4n) is 4.39. The third kappa shape index (κ3) is 5.34. The molecular weight excluding hydrogens is 572 g/mol. The second kappa shape index (κ2) is 11.5. The average Bonchev–Trinajstić information content (AvgIpc) is 3.31. The number of methoxy groups -OCH3 is 1. The Hall–Kier alpha value is -5.02. The van der Waals surface area contributed by atoms with Gasteiger partial charge in [0.2, 0.25) is 5.88 Å². The zero-order valence-electron chi connectivity index (χ0n) is 22.5. The molecule has 5 rings (SSSR count). The summed E-state index contributed by atoms with van der Waals surface area (Å²) in [6.07, 6.45) is 0.0617. The van der Waals surface area contributed by atoms with Gasteiger partial charge in [0.25, 0.3) is 5.56 Å². The number of pyridine rings is 1. The van der Waals surface area contributed by atoms with E-state index >= 15 is 0 Å². The largest absolute Gasteiger partial charge is 0.480 e. The van der Waals surface area contributed by atoms with Gasteiger partial charge < -0.3 is 14.7 Å². The number of aromatic nitrogens is 5. The smallest absolute Gasteiger partial charge is 0.409 e. The van der Waals surface area contributed by atoms with Gasteiger partial charge in [-0.15, -0.1) is 21.5 Å². The van der Waals surface area contributed by atoms with Crippen molar-refractivity contribution in [2.24, 2.45) is 0 Å². The molecule has 0 fully saturated rings. The van der Waals surface area contributed by atoms with Crippen molar-refractivity contribution < 1.29 is 23.4 Å². The van der Waals surface area contributed by atoms with Crippen molar-refractivity contribution in [2.45, 2.75) is 13.1 Å². The van der Waals surface area contributed by atoms with E-state index < -0.39 is 35.5 Å². The molecule has 0 saturated carbocycles. The summed E-state index contributed by atoms with van der Waals surface area (Å²) in [6.45, 7) is -0.282. The van der Waals surface area contributed by atoms with E-state index in [1.165, 1.54) is 37.6 Å². The Morgan fingerprint density at radius 1 is 1.07 bits per heavy atom. The first-order valence-corrected chi connectivity index (χ1v) is 13.1. The van der Waals surface area contributed by atoms with E-state index in [1.54, 1.807) is 20.2 Å². The molecule has 0 spiro atoms.